The van der Waals surface area contributed by atoms with Crippen LogP contribution in [0, 0.1) is 17.3 Å². The standard InChI is InChI=1S/C17H27NO3/c19-15(7-3-6-13-4-1-2-5-13)18-10-8-17(9-11-18)12-14(17)16(20)21/h13-14H,1-12H2,(H,20,21). The Bertz CT molecular complexity index is 406. The second kappa shape index (κ2) is 5.98. The number of nitrogens with zero attached hydrogens (tertiary/aromatic N) is 1. The molecule has 1 spiro atoms. The molecule has 1 amide bonds. The van der Waals surface area contributed by atoms with Gasteiger partial charge < -0.3 is 10.0 Å². The monoisotopic (exact) mass is 293 g/mol. The molecule has 4 nitrogen and oxygen atoms in total. The predicted octanol–water partition coefficient (Wildman–Crippen LogP) is 3.06. The molecule has 0 aromatic heterocycles. The summed E-state index contributed by atoms with van der Waals surface area (Å²) in [5.74, 6) is 0.365. The third kappa shape index (κ3) is 3.24. The molecule has 3 aliphatic rings. The molecule has 2 saturated carbocycles. The summed E-state index contributed by atoms with van der Waals surface area (Å²) in [6.45, 7) is 1.54. The van der Waals surface area contributed by atoms with Gasteiger partial charge in [0.1, 0.15) is 0 Å². The number of carbonyl (C=O) groups excluding carboxylic acids is 1. The molecule has 1 atom stereocenters. The lowest BCUT2D eigenvalue weighted by Crippen LogP contribution is -2.39. The summed E-state index contributed by atoms with van der Waals surface area (Å²) in [5, 5.41) is 9.09. The van der Waals surface area contributed by atoms with Crippen LogP contribution in [0.4, 0.5) is 0 Å². The molecular weight excluding hydrogens is 266 g/mol. The van der Waals surface area contributed by atoms with Crippen LogP contribution in [0.1, 0.15) is 64.2 Å². The number of hydrogen-bond acceptors (Lipinski definition) is 2. The lowest BCUT2D eigenvalue weighted by atomic mass is 9.90. The van der Waals surface area contributed by atoms with Crippen molar-refractivity contribution in [1.82, 2.24) is 4.90 Å². The van der Waals surface area contributed by atoms with Gasteiger partial charge in [0.25, 0.3) is 0 Å². The highest BCUT2D eigenvalue weighted by Crippen LogP contribution is 2.59. The lowest BCUT2D eigenvalue weighted by Gasteiger charge is -2.32. The molecule has 3 rings (SSSR count). The molecule has 1 aliphatic heterocycles. The number of likely N-dealkylation sites (tertiary alicyclic amines) is 1. The first-order valence-electron chi connectivity index (χ1n) is 8.61. The van der Waals surface area contributed by atoms with Crippen molar-refractivity contribution in [2.24, 2.45) is 17.3 Å². The molecular formula is C17H27NO3. The van der Waals surface area contributed by atoms with Crippen molar-refractivity contribution in [2.75, 3.05) is 13.1 Å². The molecule has 21 heavy (non-hydrogen) atoms. The number of piperidine rings is 1. The minimum atomic E-state index is -0.647. The van der Waals surface area contributed by atoms with E-state index in [0.29, 0.717) is 6.42 Å². The van der Waals surface area contributed by atoms with E-state index in [0.717, 1.165) is 44.7 Å². The Labute approximate surface area is 126 Å². The average Bonchev–Trinajstić information content (AvgIpc) is 2.93. The number of carbonyl (C=O) groups is 2. The number of hydrogen-bond donors (Lipinski definition) is 1. The van der Waals surface area contributed by atoms with Crippen LogP contribution in [-0.2, 0) is 9.59 Å². The first kappa shape index (κ1) is 14.9. The van der Waals surface area contributed by atoms with Crippen LogP contribution in [0.3, 0.4) is 0 Å². The van der Waals surface area contributed by atoms with Crippen molar-refractivity contribution in [3.05, 3.63) is 0 Å². The number of amides is 1. The second-order valence-electron chi connectivity index (χ2n) is 7.38. The zero-order valence-electron chi connectivity index (χ0n) is 12.9. The zero-order valence-corrected chi connectivity index (χ0v) is 12.9. The molecule has 0 aromatic rings. The summed E-state index contributed by atoms with van der Waals surface area (Å²) in [7, 11) is 0. The molecule has 4 heteroatoms. The Morgan fingerprint density at radius 3 is 2.38 bits per heavy atom. The summed E-state index contributed by atoms with van der Waals surface area (Å²) in [6.07, 6.45) is 11.0. The van der Waals surface area contributed by atoms with Gasteiger partial charge in [-0.3, -0.25) is 9.59 Å². The number of carboxylic acids is 1. The molecule has 0 bridgehead atoms. The van der Waals surface area contributed by atoms with Gasteiger partial charge in [0.15, 0.2) is 0 Å². The predicted molar refractivity (Wildman–Crippen MR) is 79.8 cm³/mol. The third-order valence-corrected chi connectivity index (χ3v) is 6.08. The van der Waals surface area contributed by atoms with Crippen LogP contribution >= 0.6 is 0 Å². The number of rotatable bonds is 5. The molecule has 2 aliphatic carbocycles. The van der Waals surface area contributed by atoms with E-state index >= 15 is 0 Å². The van der Waals surface area contributed by atoms with Crippen LogP contribution in [0.2, 0.25) is 0 Å². The van der Waals surface area contributed by atoms with Gasteiger partial charge in [0, 0.05) is 19.5 Å². The lowest BCUT2D eigenvalue weighted by molar-refractivity contribution is -0.139. The van der Waals surface area contributed by atoms with Crippen LogP contribution in [0.15, 0.2) is 0 Å². The maximum Gasteiger partial charge on any atom is 0.307 e. The van der Waals surface area contributed by atoms with Crippen molar-refractivity contribution in [1.29, 1.82) is 0 Å². The van der Waals surface area contributed by atoms with E-state index in [1.54, 1.807) is 0 Å². The van der Waals surface area contributed by atoms with Crippen molar-refractivity contribution < 1.29 is 14.7 Å². The fourth-order valence-corrected chi connectivity index (χ4v) is 4.45. The third-order valence-electron chi connectivity index (χ3n) is 6.08. The van der Waals surface area contributed by atoms with E-state index in [4.69, 9.17) is 5.11 Å². The summed E-state index contributed by atoms with van der Waals surface area (Å²) >= 11 is 0. The summed E-state index contributed by atoms with van der Waals surface area (Å²) in [4.78, 5) is 25.2. The normalized spacial score (nSPS) is 28.0. The van der Waals surface area contributed by atoms with Crippen molar-refractivity contribution in [3.8, 4) is 0 Å². The molecule has 1 unspecified atom stereocenters. The van der Waals surface area contributed by atoms with E-state index < -0.39 is 5.97 Å². The highest BCUT2D eigenvalue weighted by molar-refractivity contribution is 5.77. The van der Waals surface area contributed by atoms with Gasteiger partial charge in [-0.2, -0.15) is 0 Å². The van der Waals surface area contributed by atoms with Gasteiger partial charge in [-0.15, -0.1) is 0 Å². The number of aliphatic carboxylic acids is 1. The van der Waals surface area contributed by atoms with Crippen LogP contribution in [0.5, 0.6) is 0 Å². The summed E-state index contributed by atoms with van der Waals surface area (Å²) in [5.41, 5.74) is 0.0342. The van der Waals surface area contributed by atoms with E-state index in [-0.39, 0.29) is 17.2 Å². The first-order chi connectivity index (χ1) is 10.1. The van der Waals surface area contributed by atoms with Crippen LogP contribution in [0.25, 0.3) is 0 Å². The SMILES string of the molecule is O=C(O)C1CC12CCN(C(=O)CCCC1CCCC1)CC2. The summed E-state index contributed by atoms with van der Waals surface area (Å²) < 4.78 is 0. The maximum absolute atomic E-state index is 12.2. The van der Waals surface area contributed by atoms with E-state index in [9.17, 15) is 9.59 Å². The Morgan fingerprint density at radius 2 is 1.81 bits per heavy atom. The largest absolute Gasteiger partial charge is 0.481 e. The molecule has 0 aromatic carbocycles. The van der Waals surface area contributed by atoms with Crippen LogP contribution in [-0.4, -0.2) is 35.0 Å². The van der Waals surface area contributed by atoms with E-state index in [1.165, 1.54) is 32.1 Å². The molecule has 0 radical (unpaired) electrons. The quantitative estimate of drug-likeness (QED) is 0.847. The first-order valence-corrected chi connectivity index (χ1v) is 8.61. The topological polar surface area (TPSA) is 57.6 Å². The Kier molecular flexibility index (Phi) is 4.23. The average molecular weight is 293 g/mol. The smallest absolute Gasteiger partial charge is 0.307 e. The molecule has 1 heterocycles. The van der Waals surface area contributed by atoms with Crippen LogP contribution < -0.4 is 0 Å². The van der Waals surface area contributed by atoms with Gasteiger partial charge in [-0.05, 0) is 43.4 Å². The second-order valence-corrected chi connectivity index (χ2v) is 7.38. The fraction of sp³-hybridized carbons (Fsp3) is 0.882. The Hall–Kier alpha value is -1.06. The molecule has 1 N–H and O–H groups in total. The Morgan fingerprint density at radius 1 is 1.14 bits per heavy atom. The minimum absolute atomic E-state index is 0.0342. The van der Waals surface area contributed by atoms with Crippen molar-refractivity contribution in [3.63, 3.8) is 0 Å². The van der Waals surface area contributed by atoms with Gasteiger partial charge in [0.05, 0.1) is 5.92 Å². The fourth-order valence-electron chi connectivity index (χ4n) is 4.45. The van der Waals surface area contributed by atoms with Crippen molar-refractivity contribution in [2.45, 2.75) is 64.2 Å². The molecule has 3 fully saturated rings. The highest BCUT2D eigenvalue weighted by atomic mass is 16.4. The van der Waals surface area contributed by atoms with Gasteiger partial charge >= 0.3 is 5.97 Å². The summed E-state index contributed by atoms with van der Waals surface area (Å²) in [6, 6.07) is 0. The maximum atomic E-state index is 12.2. The Balaban J connectivity index is 1.36. The minimum Gasteiger partial charge on any atom is -0.481 e. The zero-order chi connectivity index (χ0) is 14.9. The number of carboxylic acid groups (broad SMARTS) is 1. The van der Waals surface area contributed by atoms with E-state index in [2.05, 4.69) is 0 Å². The molecule has 1 saturated heterocycles. The van der Waals surface area contributed by atoms with Crippen molar-refractivity contribution >= 4 is 11.9 Å². The molecule has 118 valence electrons. The van der Waals surface area contributed by atoms with Gasteiger partial charge in [-0.1, -0.05) is 25.7 Å². The van der Waals surface area contributed by atoms with Gasteiger partial charge in [-0.25, -0.2) is 0 Å². The van der Waals surface area contributed by atoms with Gasteiger partial charge in [0.2, 0.25) is 5.91 Å². The highest BCUT2D eigenvalue weighted by Gasteiger charge is 2.59. The van der Waals surface area contributed by atoms with E-state index in [1.807, 2.05) is 4.90 Å².